The summed E-state index contributed by atoms with van der Waals surface area (Å²) >= 11 is 7.94. The van der Waals surface area contributed by atoms with E-state index >= 15 is 0 Å². The molecule has 0 bridgehead atoms. The number of ether oxygens (including phenoxy) is 4. The molecular formula is C36H37ClN6O7S. The number of carbonyl (C=O) groups is 2. The Balaban J connectivity index is 1.41. The first kappa shape index (κ1) is 36.9. The molecule has 15 heteroatoms. The van der Waals surface area contributed by atoms with Gasteiger partial charge in [-0.05, 0) is 79.3 Å². The topological polar surface area (TPSA) is 149 Å². The van der Waals surface area contributed by atoms with Crippen LogP contribution in [0.4, 0.5) is 5.69 Å². The summed E-state index contributed by atoms with van der Waals surface area (Å²) in [6, 6.07) is 19.6. The van der Waals surface area contributed by atoms with Crippen LogP contribution in [0.3, 0.4) is 0 Å². The van der Waals surface area contributed by atoms with E-state index in [9.17, 15) is 9.59 Å². The number of rotatable bonds is 15. The number of carbonyl (C=O) groups excluding carboxylic acids is 2. The molecule has 0 aliphatic heterocycles. The molecule has 51 heavy (non-hydrogen) atoms. The van der Waals surface area contributed by atoms with E-state index in [0.717, 1.165) is 16.0 Å². The lowest BCUT2D eigenvalue weighted by Gasteiger charge is -2.18. The van der Waals surface area contributed by atoms with Crippen LogP contribution in [0.5, 0.6) is 23.3 Å². The summed E-state index contributed by atoms with van der Waals surface area (Å²) in [6.45, 7) is 5.68. The van der Waals surface area contributed by atoms with Crippen molar-refractivity contribution in [1.82, 2.24) is 25.1 Å². The van der Waals surface area contributed by atoms with Gasteiger partial charge in [0.1, 0.15) is 30.4 Å². The van der Waals surface area contributed by atoms with E-state index in [-0.39, 0.29) is 35.6 Å². The van der Waals surface area contributed by atoms with Crippen molar-refractivity contribution in [2.24, 2.45) is 5.41 Å². The minimum Gasteiger partial charge on any atom is -0.497 e. The maximum atomic E-state index is 14.0. The van der Waals surface area contributed by atoms with Crippen molar-refractivity contribution in [1.29, 1.82) is 0 Å². The first-order valence-corrected chi connectivity index (χ1v) is 17.4. The molecule has 2 aromatic heterocycles. The van der Waals surface area contributed by atoms with Crippen LogP contribution in [0.25, 0.3) is 11.3 Å². The standard InChI is InChI=1S/C36H37ClN6O7S/c1-7-36(2,3)34(45)50-43-19-29(41-42-43)24-12-17-28(27(37)18-24)38-31(44)30-32(48-20-22-8-13-25(46-4)14-9-22)39-35(51-6)40-33(30)49-21-23-10-15-26(47-5)16-11-23/h8-19H,7,20-21H2,1-6H3,(H,38,44). The third-order valence-corrected chi connectivity index (χ3v) is 8.76. The van der Waals surface area contributed by atoms with E-state index in [1.165, 1.54) is 18.0 Å². The van der Waals surface area contributed by atoms with Gasteiger partial charge in [0.05, 0.1) is 36.5 Å². The number of hydrogen-bond donors (Lipinski definition) is 1. The van der Waals surface area contributed by atoms with Gasteiger partial charge in [-0.1, -0.05) is 65.5 Å². The molecule has 0 unspecified atom stereocenters. The third-order valence-electron chi connectivity index (χ3n) is 7.90. The number of benzene rings is 3. The number of aromatic nitrogens is 5. The van der Waals surface area contributed by atoms with Crippen molar-refractivity contribution in [2.75, 3.05) is 25.8 Å². The molecule has 0 aliphatic carbocycles. The second kappa shape index (κ2) is 16.6. The zero-order valence-electron chi connectivity index (χ0n) is 28.9. The van der Waals surface area contributed by atoms with Gasteiger partial charge in [-0.15, -0.1) is 5.10 Å². The number of amides is 1. The lowest BCUT2D eigenvalue weighted by molar-refractivity contribution is -0.156. The van der Waals surface area contributed by atoms with Gasteiger partial charge in [-0.25, -0.2) is 4.79 Å². The average molecular weight is 733 g/mol. The normalized spacial score (nSPS) is 11.1. The maximum Gasteiger partial charge on any atom is 0.340 e. The zero-order valence-corrected chi connectivity index (χ0v) is 30.5. The van der Waals surface area contributed by atoms with Crippen LogP contribution in [0, 0.1) is 5.41 Å². The number of methoxy groups -OCH3 is 2. The van der Waals surface area contributed by atoms with Gasteiger partial charge in [0.15, 0.2) is 10.7 Å². The lowest BCUT2D eigenvalue weighted by Crippen LogP contribution is -2.33. The highest BCUT2D eigenvalue weighted by molar-refractivity contribution is 7.98. The highest BCUT2D eigenvalue weighted by Gasteiger charge is 2.29. The van der Waals surface area contributed by atoms with Crippen LogP contribution >= 0.6 is 23.4 Å². The van der Waals surface area contributed by atoms with Crippen LogP contribution in [0.1, 0.15) is 48.7 Å². The smallest absolute Gasteiger partial charge is 0.340 e. The Labute approximate surface area is 304 Å². The van der Waals surface area contributed by atoms with E-state index in [2.05, 4.69) is 25.6 Å². The van der Waals surface area contributed by atoms with Crippen molar-refractivity contribution in [3.05, 3.63) is 94.6 Å². The highest BCUT2D eigenvalue weighted by atomic mass is 35.5. The number of anilines is 1. The fraction of sp³-hybridized carbons (Fsp3) is 0.278. The Hall–Kier alpha value is -5.34. The Morgan fingerprint density at radius 2 is 1.45 bits per heavy atom. The predicted octanol–water partition coefficient (Wildman–Crippen LogP) is 6.93. The molecule has 1 amide bonds. The second-order valence-electron chi connectivity index (χ2n) is 11.7. The summed E-state index contributed by atoms with van der Waals surface area (Å²) in [7, 11) is 3.18. The van der Waals surface area contributed by atoms with Crippen molar-refractivity contribution in [2.45, 2.75) is 45.6 Å². The van der Waals surface area contributed by atoms with Crippen LogP contribution in [0.2, 0.25) is 5.02 Å². The average Bonchev–Trinajstić information content (AvgIpc) is 3.62. The van der Waals surface area contributed by atoms with Crippen LogP contribution in [-0.2, 0) is 18.0 Å². The van der Waals surface area contributed by atoms with Crippen LogP contribution < -0.4 is 29.1 Å². The van der Waals surface area contributed by atoms with Crippen LogP contribution in [0.15, 0.2) is 78.1 Å². The van der Waals surface area contributed by atoms with E-state index in [4.69, 9.17) is 35.4 Å². The fourth-order valence-corrected chi connectivity index (χ4v) is 4.96. The van der Waals surface area contributed by atoms with E-state index < -0.39 is 17.3 Å². The molecule has 0 fully saturated rings. The molecule has 1 N–H and O–H groups in total. The van der Waals surface area contributed by atoms with Crippen LogP contribution in [-0.4, -0.2) is 57.5 Å². The van der Waals surface area contributed by atoms with Gasteiger partial charge in [0, 0.05) is 5.56 Å². The van der Waals surface area contributed by atoms with Crippen molar-refractivity contribution in [3.8, 4) is 34.5 Å². The number of hydrogen-bond acceptors (Lipinski definition) is 12. The predicted molar refractivity (Wildman–Crippen MR) is 193 cm³/mol. The molecule has 3 aromatic carbocycles. The SMILES string of the molecule is CCC(C)(C)C(=O)On1cc(-c2ccc(NC(=O)c3c(OCc4ccc(OC)cc4)nc(SC)nc3OCc3ccc(OC)cc3)c(Cl)c2)nn1. The Morgan fingerprint density at radius 1 is 0.882 bits per heavy atom. The number of halogens is 1. The summed E-state index contributed by atoms with van der Waals surface area (Å²) < 4.78 is 22.8. The maximum absolute atomic E-state index is 14.0. The first-order chi connectivity index (χ1) is 24.5. The molecule has 0 aliphatic rings. The van der Waals surface area contributed by atoms with Crippen molar-refractivity contribution >= 4 is 40.9 Å². The van der Waals surface area contributed by atoms with E-state index in [1.54, 1.807) is 46.3 Å². The largest absolute Gasteiger partial charge is 0.497 e. The molecule has 2 heterocycles. The molecule has 0 saturated carbocycles. The van der Waals surface area contributed by atoms with Crippen molar-refractivity contribution in [3.63, 3.8) is 0 Å². The monoisotopic (exact) mass is 732 g/mol. The number of nitrogens with zero attached hydrogens (tertiary/aromatic N) is 5. The number of nitrogens with one attached hydrogen (secondary N) is 1. The molecular weight excluding hydrogens is 696 g/mol. The third kappa shape index (κ3) is 9.27. The second-order valence-corrected chi connectivity index (χ2v) is 12.9. The van der Waals surface area contributed by atoms with Gasteiger partial charge >= 0.3 is 5.97 Å². The molecule has 0 radical (unpaired) electrons. The quantitative estimate of drug-likeness (QED) is 0.0676. The Bertz CT molecular complexity index is 1910. The summed E-state index contributed by atoms with van der Waals surface area (Å²) in [6.07, 6.45) is 3.87. The lowest BCUT2D eigenvalue weighted by atomic mass is 9.91. The van der Waals surface area contributed by atoms with E-state index in [1.807, 2.05) is 61.7 Å². The minimum absolute atomic E-state index is 0.0188. The number of thioether (sulfide) groups is 1. The van der Waals surface area contributed by atoms with Gasteiger partial charge in [-0.2, -0.15) is 9.97 Å². The van der Waals surface area contributed by atoms with Gasteiger partial charge in [-0.3, -0.25) is 4.79 Å². The van der Waals surface area contributed by atoms with Gasteiger partial charge < -0.3 is 29.1 Å². The fourth-order valence-electron chi connectivity index (χ4n) is 4.38. The molecule has 0 spiro atoms. The summed E-state index contributed by atoms with van der Waals surface area (Å²) in [5.41, 5.74) is 2.23. The molecule has 0 atom stereocenters. The summed E-state index contributed by atoms with van der Waals surface area (Å²) in [5, 5.41) is 11.4. The Kier molecular flexibility index (Phi) is 12.0. The minimum atomic E-state index is -0.683. The Morgan fingerprint density at radius 3 is 1.94 bits per heavy atom. The molecule has 5 rings (SSSR count). The zero-order chi connectivity index (χ0) is 36.5. The summed E-state index contributed by atoms with van der Waals surface area (Å²) in [5.74, 6) is 0.406. The molecule has 0 saturated heterocycles. The summed E-state index contributed by atoms with van der Waals surface area (Å²) in [4.78, 5) is 41.9. The van der Waals surface area contributed by atoms with Gasteiger partial charge in [0.2, 0.25) is 11.8 Å². The first-order valence-electron chi connectivity index (χ1n) is 15.8. The van der Waals surface area contributed by atoms with Crippen molar-refractivity contribution < 1.29 is 33.4 Å². The molecule has 13 nitrogen and oxygen atoms in total. The molecule has 266 valence electrons. The highest BCUT2D eigenvalue weighted by Crippen LogP contribution is 2.33. The van der Waals surface area contributed by atoms with Gasteiger partial charge in [0.25, 0.3) is 5.91 Å². The molecule has 5 aromatic rings. The van der Waals surface area contributed by atoms with E-state index in [0.29, 0.717) is 40.0 Å².